The first-order chi connectivity index (χ1) is 10.1. The molecule has 2 unspecified atom stereocenters. The number of nitrogens with one attached hydrogen (secondary N) is 2. The quantitative estimate of drug-likeness (QED) is 0.797. The predicted molar refractivity (Wildman–Crippen MR) is 79.5 cm³/mol. The number of benzene rings is 1. The molecular formula is C13H17ClF4N2O2S. The zero-order valence-electron chi connectivity index (χ0n) is 12.2. The van der Waals surface area contributed by atoms with Gasteiger partial charge in [0.15, 0.2) is 0 Å². The molecule has 23 heavy (non-hydrogen) atoms. The Kier molecular flexibility index (Phi) is 6.42. The van der Waals surface area contributed by atoms with Crippen LogP contribution in [0.15, 0.2) is 23.1 Å². The van der Waals surface area contributed by atoms with Crippen LogP contribution in [0.4, 0.5) is 17.6 Å². The average molecular weight is 377 g/mol. The summed E-state index contributed by atoms with van der Waals surface area (Å²) in [7, 11) is -4.05. The monoisotopic (exact) mass is 376 g/mol. The van der Waals surface area contributed by atoms with Crippen LogP contribution in [-0.2, 0) is 16.2 Å². The molecule has 0 radical (unpaired) electrons. The van der Waals surface area contributed by atoms with Crippen LogP contribution in [0.25, 0.3) is 0 Å². The zero-order chi connectivity index (χ0) is 16.5. The lowest BCUT2D eigenvalue weighted by molar-refractivity contribution is -0.140. The SMILES string of the molecule is CC1CC(NS(=O)(=O)c2ccc(C(F)(F)F)c(F)c2)CCN1.Cl. The number of alkyl halides is 3. The van der Waals surface area contributed by atoms with Crippen LogP contribution in [0, 0.1) is 5.82 Å². The Hall–Kier alpha value is -0.900. The Morgan fingerprint density at radius 1 is 1.30 bits per heavy atom. The van der Waals surface area contributed by atoms with Crippen molar-refractivity contribution in [2.24, 2.45) is 0 Å². The highest BCUT2D eigenvalue weighted by Crippen LogP contribution is 2.32. The predicted octanol–water partition coefficient (Wildman–Crippen LogP) is 2.69. The topological polar surface area (TPSA) is 58.2 Å². The van der Waals surface area contributed by atoms with E-state index in [2.05, 4.69) is 10.0 Å². The van der Waals surface area contributed by atoms with Gasteiger partial charge in [-0.25, -0.2) is 17.5 Å². The Bertz CT molecular complexity index is 652. The Balaban J connectivity index is 0.00000264. The van der Waals surface area contributed by atoms with Crippen LogP contribution in [0.1, 0.15) is 25.3 Å². The van der Waals surface area contributed by atoms with Crippen LogP contribution in [-0.4, -0.2) is 27.0 Å². The highest BCUT2D eigenvalue weighted by molar-refractivity contribution is 7.89. The third kappa shape index (κ3) is 5.03. The second kappa shape index (κ2) is 7.33. The first kappa shape index (κ1) is 20.1. The van der Waals surface area contributed by atoms with Crippen LogP contribution in [0.2, 0.25) is 0 Å². The molecule has 1 fully saturated rings. The molecule has 1 saturated heterocycles. The van der Waals surface area contributed by atoms with Gasteiger partial charge in [-0.1, -0.05) is 0 Å². The molecule has 0 bridgehead atoms. The van der Waals surface area contributed by atoms with Gasteiger partial charge in [0.1, 0.15) is 5.82 Å². The number of halogens is 5. The number of sulfonamides is 1. The van der Waals surface area contributed by atoms with E-state index in [0.29, 0.717) is 31.5 Å². The summed E-state index contributed by atoms with van der Waals surface area (Å²) in [6.07, 6.45) is -3.74. The molecule has 2 N–H and O–H groups in total. The highest BCUT2D eigenvalue weighted by atomic mass is 35.5. The zero-order valence-corrected chi connectivity index (χ0v) is 13.8. The molecule has 0 aromatic heterocycles. The van der Waals surface area contributed by atoms with Gasteiger partial charge in [-0.05, 0) is 44.5 Å². The first-order valence-corrected chi connectivity index (χ1v) is 8.20. The van der Waals surface area contributed by atoms with E-state index in [1.807, 2.05) is 6.92 Å². The van der Waals surface area contributed by atoms with Crippen molar-refractivity contribution in [1.82, 2.24) is 10.0 Å². The Labute approximate surface area is 138 Å². The van der Waals surface area contributed by atoms with Crippen molar-refractivity contribution in [3.05, 3.63) is 29.6 Å². The summed E-state index contributed by atoms with van der Waals surface area (Å²) >= 11 is 0. The fourth-order valence-corrected chi connectivity index (χ4v) is 3.71. The van der Waals surface area contributed by atoms with Gasteiger partial charge in [-0.15, -0.1) is 12.4 Å². The molecule has 1 aliphatic heterocycles. The molecule has 0 aliphatic carbocycles. The lowest BCUT2D eigenvalue weighted by atomic mass is 10.0. The van der Waals surface area contributed by atoms with Gasteiger partial charge in [-0.2, -0.15) is 13.2 Å². The summed E-state index contributed by atoms with van der Waals surface area (Å²) in [5, 5.41) is 3.15. The van der Waals surface area contributed by atoms with Crippen LogP contribution in [0.5, 0.6) is 0 Å². The largest absolute Gasteiger partial charge is 0.419 e. The van der Waals surface area contributed by atoms with Crippen molar-refractivity contribution in [2.75, 3.05) is 6.54 Å². The molecular weight excluding hydrogens is 360 g/mol. The molecule has 132 valence electrons. The summed E-state index contributed by atoms with van der Waals surface area (Å²) in [5.74, 6) is -1.60. The van der Waals surface area contributed by atoms with E-state index in [-0.39, 0.29) is 24.5 Å². The van der Waals surface area contributed by atoms with Crippen LogP contribution < -0.4 is 10.0 Å². The highest BCUT2D eigenvalue weighted by Gasteiger charge is 2.35. The summed E-state index contributed by atoms with van der Waals surface area (Å²) in [6.45, 7) is 2.54. The summed E-state index contributed by atoms with van der Waals surface area (Å²) < 4.78 is 77.6. The third-order valence-corrected chi connectivity index (χ3v) is 5.02. The number of piperidine rings is 1. The standard InChI is InChI=1S/C13H16F4N2O2S.ClH/c1-8-6-9(4-5-18-8)19-22(20,21)10-2-3-11(12(14)7-10)13(15,16)17;/h2-3,7-9,18-19H,4-6H2,1H3;1H. The fourth-order valence-electron chi connectivity index (χ4n) is 2.42. The van der Waals surface area contributed by atoms with E-state index >= 15 is 0 Å². The second-order valence-corrected chi connectivity index (χ2v) is 7.05. The average Bonchev–Trinajstić information content (AvgIpc) is 2.36. The van der Waals surface area contributed by atoms with Gasteiger partial charge in [-0.3, -0.25) is 0 Å². The van der Waals surface area contributed by atoms with Crippen molar-refractivity contribution < 1.29 is 26.0 Å². The lowest BCUT2D eigenvalue weighted by Crippen LogP contribution is -2.46. The van der Waals surface area contributed by atoms with Crippen molar-refractivity contribution >= 4 is 22.4 Å². The minimum absolute atomic E-state index is 0. The normalized spacial score (nSPS) is 22.5. The third-order valence-electron chi connectivity index (χ3n) is 3.50. The van der Waals surface area contributed by atoms with E-state index in [1.165, 1.54) is 0 Å². The Morgan fingerprint density at radius 2 is 1.96 bits per heavy atom. The molecule has 1 aromatic carbocycles. The van der Waals surface area contributed by atoms with Gasteiger partial charge in [0, 0.05) is 12.1 Å². The molecule has 4 nitrogen and oxygen atoms in total. The molecule has 2 atom stereocenters. The number of hydrogen-bond acceptors (Lipinski definition) is 3. The van der Waals surface area contributed by atoms with Gasteiger partial charge in [0.25, 0.3) is 0 Å². The van der Waals surface area contributed by atoms with E-state index in [9.17, 15) is 26.0 Å². The van der Waals surface area contributed by atoms with E-state index < -0.39 is 32.5 Å². The summed E-state index contributed by atoms with van der Waals surface area (Å²) in [4.78, 5) is -0.510. The fraction of sp³-hybridized carbons (Fsp3) is 0.538. The van der Waals surface area contributed by atoms with Crippen molar-refractivity contribution in [1.29, 1.82) is 0 Å². The molecule has 2 rings (SSSR count). The van der Waals surface area contributed by atoms with Crippen LogP contribution in [0.3, 0.4) is 0 Å². The lowest BCUT2D eigenvalue weighted by Gasteiger charge is -2.28. The van der Waals surface area contributed by atoms with E-state index in [1.54, 1.807) is 0 Å². The minimum atomic E-state index is -4.86. The molecule has 1 aliphatic rings. The van der Waals surface area contributed by atoms with Gasteiger partial charge in [0.2, 0.25) is 10.0 Å². The van der Waals surface area contributed by atoms with Crippen molar-refractivity contribution in [3.63, 3.8) is 0 Å². The summed E-state index contributed by atoms with van der Waals surface area (Å²) in [5.41, 5.74) is -1.48. The molecule has 0 spiro atoms. The van der Waals surface area contributed by atoms with E-state index in [4.69, 9.17) is 0 Å². The maximum atomic E-state index is 13.5. The Morgan fingerprint density at radius 3 is 2.48 bits per heavy atom. The summed E-state index contributed by atoms with van der Waals surface area (Å²) in [6, 6.07) is 1.40. The van der Waals surface area contributed by atoms with Gasteiger partial charge in [0.05, 0.1) is 10.5 Å². The number of hydrogen-bond donors (Lipinski definition) is 2. The molecule has 0 amide bonds. The smallest absolute Gasteiger partial charge is 0.314 e. The first-order valence-electron chi connectivity index (χ1n) is 6.72. The van der Waals surface area contributed by atoms with Crippen molar-refractivity contribution in [3.8, 4) is 0 Å². The number of rotatable bonds is 3. The maximum Gasteiger partial charge on any atom is 0.419 e. The molecule has 1 heterocycles. The molecule has 1 aromatic rings. The molecule has 10 heteroatoms. The van der Waals surface area contributed by atoms with Gasteiger partial charge >= 0.3 is 6.18 Å². The van der Waals surface area contributed by atoms with Crippen molar-refractivity contribution in [2.45, 2.75) is 42.9 Å². The maximum absolute atomic E-state index is 13.5. The van der Waals surface area contributed by atoms with E-state index in [0.717, 1.165) is 6.07 Å². The van der Waals surface area contributed by atoms with Crippen LogP contribution >= 0.6 is 12.4 Å². The second-order valence-electron chi connectivity index (χ2n) is 5.34. The van der Waals surface area contributed by atoms with Gasteiger partial charge < -0.3 is 5.32 Å². The molecule has 0 saturated carbocycles. The minimum Gasteiger partial charge on any atom is -0.314 e.